The molecule has 0 spiro atoms. The minimum Gasteiger partial charge on any atom is -0.481 e. The van der Waals surface area contributed by atoms with Crippen LogP contribution in [0.5, 0.6) is 0 Å². The van der Waals surface area contributed by atoms with Gasteiger partial charge in [-0.15, -0.1) is 0 Å². The van der Waals surface area contributed by atoms with E-state index in [1.807, 2.05) is 59.4 Å². The van der Waals surface area contributed by atoms with Gasteiger partial charge in [-0.05, 0) is 65.4 Å². The van der Waals surface area contributed by atoms with Crippen LogP contribution in [0.4, 0.5) is 5.69 Å². The van der Waals surface area contributed by atoms with E-state index < -0.39 is 5.97 Å². The maximum absolute atomic E-state index is 12.3. The number of carbonyl (C=O) groups excluding carboxylic acids is 1. The molecule has 1 aromatic heterocycles. The average molecular weight is 403 g/mol. The summed E-state index contributed by atoms with van der Waals surface area (Å²) in [4.78, 5) is 28.1. The first kappa shape index (κ1) is 18.8. The van der Waals surface area contributed by atoms with Gasteiger partial charge >= 0.3 is 5.97 Å². The Morgan fingerprint density at radius 2 is 1.86 bits per heavy atom. The van der Waals surface area contributed by atoms with Crippen LogP contribution in [-0.2, 0) is 16.0 Å². The summed E-state index contributed by atoms with van der Waals surface area (Å²) in [5.41, 5.74) is 3.29. The number of rotatable bonds is 5. The summed E-state index contributed by atoms with van der Waals surface area (Å²) in [6, 6.07) is 18.8. The maximum atomic E-state index is 12.3. The molecule has 0 radical (unpaired) electrons. The Hall–Kier alpha value is -3.58. The van der Waals surface area contributed by atoms with Crippen LogP contribution in [-0.4, -0.2) is 26.7 Å². The van der Waals surface area contributed by atoms with E-state index in [-0.39, 0.29) is 12.3 Å². The number of hydrogen-bond acceptors (Lipinski definition) is 4. The zero-order valence-corrected chi connectivity index (χ0v) is 16.1. The minimum absolute atomic E-state index is 0.0305. The van der Waals surface area contributed by atoms with Crippen molar-refractivity contribution < 1.29 is 14.7 Å². The highest BCUT2D eigenvalue weighted by Crippen LogP contribution is 2.28. The molecule has 29 heavy (non-hydrogen) atoms. The van der Waals surface area contributed by atoms with Gasteiger partial charge in [0, 0.05) is 18.1 Å². The van der Waals surface area contributed by atoms with Gasteiger partial charge in [0.05, 0.1) is 17.0 Å². The molecular formula is C22H17N3O3S. The summed E-state index contributed by atoms with van der Waals surface area (Å²) >= 11 is 1.28. The zero-order valence-electron chi connectivity index (χ0n) is 15.3. The van der Waals surface area contributed by atoms with Gasteiger partial charge in [-0.3, -0.25) is 9.59 Å². The molecule has 144 valence electrons. The number of carbonyl (C=O) groups is 2. The minimum atomic E-state index is -0.877. The van der Waals surface area contributed by atoms with Gasteiger partial charge in [0.2, 0.25) is 0 Å². The largest absolute Gasteiger partial charge is 0.481 e. The predicted octanol–water partition coefficient (Wildman–Crippen LogP) is 4.00. The van der Waals surface area contributed by atoms with Crippen LogP contribution < -0.4 is 5.32 Å². The zero-order chi connectivity index (χ0) is 20.2. The van der Waals surface area contributed by atoms with Crippen LogP contribution in [0.15, 0.2) is 83.0 Å². The maximum Gasteiger partial charge on any atom is 0.307 e. The number of aliphatic imine (C=N–C) groups is 1. The third kappa shape index (κ3) is 4.64. The van der Waals surface area contributed by atoms with Gasteiger partial charge in [-0.2, -0.15) is 0 Å². The van der Waals surface area contributed by atoms with Crippen LogP contribution in [0, 0.1) is 0 Å². The van der Waals surface area contributed by atoms with Gasteiger partial charge in [0.15, 0.2) is 5.17 Å². The lowest BCUT2D eigenvalue weighted by atomic mass is 10.1. The number of aliphatic carboxylic acids is 1. The van der Waals surface area contributed by atoms with E-state index in [9.17, 15) is 9.59 Å². The summed E-state index contributed by atoms with van der Waals surface area (Å²) in [6.07, 6.45) is 5.74. The van der Waals surface area contributed by atoms with E-state index in [1.165, 1.54) is 11.8 Å². The highest BCUT2D eigenvalue weighted by atomic mass is 32.2. The fourth-order valence-corrected chi connectivity index (χ4v) is 3.74. The number of benzene rings is 2. The molecule has 1 aliphatic heterocycles. The van der Waals surface area contributed by atoms with Crippen LogP contribution in [0.3, 0.4) is 0 Å². The van der Waals surface area contributed by atoms with Crippen molar-refractivity contribution in [2.75, 3.05) is 0 Å². The fourth-order valence-electron chi connectivity index (χ4n) is 2.89. The molecule has 0 bridgehead atoms. The Balaban J connectivity index is 1.51. The van der Waals surface area contributed by atoms with E-state index in [0.717, 1.165) is 11.3 Å². The lowest BCUT2D eigenvalue weighted by Gasteiger charge is -2.04. The number of carboxylic acids is 1. The number of carboxylic acid groups (broad SMARTS) is 1. The van der Waals surface area contributed by atoms with Crippen LogP contribution in [0.1, 0.15) is 11.1 Å². The van der Waals surface area contributed by atoms with Gasteiger partial charge in [-0.25, -0.2) is 4.99 Å². The normalized spacial score (nSPS) is 16.3. The SMILES string of the molecule is O=C(O)Cc1ccc(N=C2NC(=O)C(=Cc3cccc(-n4cccc4)c3)S2)cc1. The first-order chi connectivity index (χ1) is 14.1. The lowest BCUT2D eigenvalue weighted by molar-refractivity contribution is -0.136. The van der Waals surface area contributed by atoms with Crippen molar-refractivity contribution in [3.63, 3.8) is 0 Å². The third-order valence-corrected chi connectivity index (χ3v) is 5.15. The first-order valence-electron chi connectivity index (χ1n) is 8.90. The summed E-state index contributed by atoms with van der Waals surface area (Å²) in [7, 11) is 0. The Morgan fingerprint density at radius 1 is 1.10 bits per heavy atom. The summed E-state index contributed by atoms with van der Waals surface area (Å²) < 4.78 is 2.00. The second-order valence-corrected chi connectivity index (χ2v) is 7.43. The molecule has 2 heterocycles. The van der Waals surface area contributed by atoms with Crippen molar-refractivity contribution in [1.29, 1.82) is 0 Å². The van der Waals surface area contributed by atoms with Crippen molar-refractivity contribution in [2.24, 2.45) is 4.99 Å². The van der Waals surface area contributed by atoms with E-state index >= 15 is 0 Å². The quantitative estimate of drug-likeness (QED) is 0.631. The van der Waals surface area contributed by atoms with Gasteiger partial charge in [-0.1, -0.05) is 24.3 Å². The number of amides is 1. The van der Waals surface area contributed by atoms with Crippen molar-refractivity contribution in [2.45, 2.75) is 6.42 Å². The topological polar surface area (TPSA) is 83.7 Å². The number of nitrogens with one attached hydrogen (secondary N) is 1. The Morgan fingerprint density at radius 3 is 2.59 bits per heavy atom. The smallest absolute Gasteiger partial charge is 0.307 e. The third-order valence-electron chi connectivity index (χ3n) is 4.24. The highest BCUT2D eigenvalue weighted by Gasteiger charge is 2.23. The molecule has 2 N–H and O–H groups in total. The number of aromatic nitrogens is 1. The fraction of sp³-hybridized carbons (Fsp3) is 0.0455. The molecule has 1 amide bonds. The summed E-state index contributed by atoms with van der Waals surface area (Å²) in [5.74, 6) is -1.07. The standard InChI is InChI=1S/C22H17N3O3S/c26-20(27)14-15-6-8-17(9-7-15)23-22-24-21(28)19(29-22)13-16-4-3-5-18(12-16)25-10-1-2-11-25/h1-13H,14H2,(H,26,27)(H,23,24,28). The molecule has 1 fully saturated rings. The monoisotopic (exact) mass is 403 g/mol. The first-order valence-corrected chi connectivity index (χ1v) is 9.72. The molecule has 4 rings (SSSR count). The van der Waals surface area contributed by atoms with Crippen molar-refractivity contribution in [1.82, 2.24) is 9.88 Å². The molecule has 1 aliphatic rings. The van der Waals surface area contributed by atoms with Gasteiger partial charge in [0.25, 0.3) is 5.91 Å². The lowest BCUT2D eigenvalue weighted by Crippen LogP contribution is -2.19. The van der Waals surface area contributed by atoms with Crippen molar-refractivity contribution in [3.8, 4) is 5.69 Å². The number of hydrogen-bond donors (Lipinski definition) is 2. The average Bonchev–Trinajstić information content (AvgIpc) is 3.34. The molecule has 0 atom stereocenters. The molecule has 0 saturated carbocycles. The number of thioether (sulfide) groups is 1. The van der Waals surface area contributed by atoms with Crippen molar-refractivity contribution in [3.05, 3.63) is 89.1 Å². The predicted molar refractivity (Wildman–Crippen MR) is 114 cm³/mol. The van der Waals surface area contributed by atoms with E-state index in [4.69, 9.17) is 5.11 Å². The molecular weight excluding hydrogens is 386 g/mol. The van der Waals surface area contributed by atoms with Gasteiger partial charge in [0.1, 0.15) is 0 Å². The molecule has 1 saturated heterocycles. The highest BCUT2D eigenvalue weighted by molar-refractivity contribution is 8.18. The van der Waals surface area contributed by atoms with Crippen LogP contribution >= 0.6 is 11.8 Å². The molecule has 0 unspecified atom stereocenters. The summed E-state index contributed by atoms with van der Waals surface area (Å²) in [5, 5.41) is 12.1. The second kappa shape index (κ2) is 8.20. The molecule has 0 aliphatic carbocycles. The van der Waals surface area contributed by atoms with Gasteiger partial charge < -0.3 is 15.0 Å². The molecule has 3 aromatic rings. The number of nitrogens with zero attached hydrogens (tertiary/aromatic N) is 2. The molecule has 2 aromatic carbocycles. The Labute approximate surface area is 171 Å². The van der Waals surface area contributed by atoms with Crippen LogP contribution in [0.25, 0.3) is 11.8 Å². The Bertz CT molecular complexity index is 1120. The van der Waals surface area contributed by atoms with E-state index in [1.54, 1.807) is 24.3 Å². The molecule has 6 nitrogen and oxygen atoms in total. The second-order valence-electron chi connectivity index (χ2n) is 6.40. The van der Waals surface area contributed by atoms with Crippen molar-refractivity contribution >= 4 is 40.6 Å². The Kier molecular flexibility index (Phi) is 5.31. The molecule has 7 heteroatoms. The van der Waals surface area contributed by atoms with E-state index in [0.29, 0.717) is 21.3 Å². The van der Waals surface area contributed by atoms with E-state index in [2.05, 4.69) is 10.3 Å². The van der Waals surface area contributed by atoms with Crippen LogP contribution in [0.2, 0.25) is 0 Å². The summed E-state index contributed by atoms with van der Waals surface area (Å²) in [6.45, 7) is 0. The number of amidine groups is 1.